The van der Waals surface area contributed by atoms with Crippen LogP contribution in [0.4, 0.5) is 5.82 Å². The SMILES string of the molecule is CC(C(=O)N1CCN(c2ccccn2)CC1)C1CNC1. The molecule has 0 radical (unpaired) electrons. The van der Waals surface area contributed by atoms with Gasteiger partial charge in [0.2, 0.25) is 5.91 Å². The van der Waals surface area contributed by atoms with Gasteiger partial charge >= 0.3 is 0 Å². The van der Waals surface area contributed by atoms with Crippen molar-refractivity contribution in [1.29, 1.82) is 0 Å². The summed E-state index contributed by atoms with van der Waals surface area (Å²) in [5.41, 5.74) is 0. The molecule has 1 unspecified atom stereocenters. The smallest absolute Gasteiger partial charge is 0.225 e. The molecule has 3 rings (SSSR count). The van der Waals surface area contributed by atoms with Crippen LogP contribution in [-0.4, -0.2) is 55.1 Å². The molecule has 108 valence electrons. The maximum absolute atomic E-state index is 12.4. The van der Waals surface area contributed by atoms with Crippen LogP contribution in [0.2, 0.25) is 0 Å². The van der Waals surface area contributed by atoms with E-state index in [1.165, 1.54) is 0 Å². The lowest BCUT2D eigenvalue weighted by atomic mass is 9.88. The first-order valence-corrected chi connectivity index (χ1v) is 7.41. The third-order valence-electron chi connectivity index (χ3n) is 4.47. The van der Waals surface area contributed by atoms with Crippen molar-refractivity contribution in [3.8, 4) is 0 Å². The molecule has 1 aromatic heterocycles. The fourth-order valence-electron chi connectivity index (χ4n) is 2.85. The van der Waals surface area contributed by atoms with Gasteiger partial charge in [-0.1, -0.05) is 13.0 Å². The molecule has 3 heterocycles. The molecule has 2 aliphatic rings. The summed E-state index contributed by atoms with van der Waals surface area (Å²) >= 11 is 0. The number of hydrogen-bond acceptors (Lipinski definition) is 4. The van der Waals surface area contributed by atoms with Crippen LogP contribution in [0.1, 0.15) is 6.92 Å². The molecule has 0 saturated carbocycles. The van der Waals surface area contributed by atoms with Crippen molar-refractivity contribution in [2.75, 3.05) is 44.2 Å². The minimum Gasteiger partial charge on any atom is -0.353 e. The van der Waals surface area contributed by atoms with E-state index in [2.05, 4.69) is 22.1 Å². The molecule has 0 aromatic carbocycles. The first-order chi connectivity index (χ1) is 9.75. The Labute approximate surface area is 120 Å². The van der Waals surface area contributed by atoms with Gasteiger partial charge in [0.15, 0.2) is 0 Å². The lowest BCUT2D eigenvalue weighted by Gasteiger charge is -2.39. The summed E-state index contributed by atoms with van der Waals surface area (Å²) in [5, 5.41) is 3.24. The van der Waals surface area contributed by atoms with Gasteiger partial charge in [0, 0.05) is 38.3 Å². The van der Waals surface area contributed by atoms with E-state index in [9.17, 15) is 4.79 Å². The monoisotopic (exact) mass is 274 g/mol. The number of amides is 1. The predicted molar refractivity (Wildman–Crippen MR) is 78.6 cm³/mol. The molecule has 1 amide bonds. The Morgan fingerprint density at radius 2 is 2.05 bits per heavy atom. The normalized spacial score (nSPS) is 21.4. The number of piperazine rings is 1. The number of hydrogen-bond donors (Lipinski definition) is 1. The molecule has 2 saturated heterocycles. The van der Waals surface area contributed by atoms with Crippen LogP contribution >= 0.6 is 0 Å². The van der Waals surface area contributed by atoms with Gasteiger partial charge in [0.25, 0.3) is 0 Å². The summed E-state index contributed by atoms with van der Waals surface area (Å²) in [5.74, 6) is 2.00. The highest BCUT2D eigenvalue weighted by Crippen LogP contribution is 2.20. The molecule has 5 heteroatoms. The van der Waals surface area contributed by atoms with E-state index in [0.29, 0.717) is 11.8 Å². The fraction of sp³-hybridized carbons (Fsp3) is 0.600. The quantitative estimate of drug-likeness (QED) is 0.876. The van der Waals surface area contributed by atoms with Gasteiger partial charge in [-0.25, -0.2) is 4.98 Å². The van der Waals surface area contributed by atoms with Crippen LogP contribution in [0.3, 0.4) is 0 Å². The number of aromatic nitrogens is 1. The van der Waals surface area contributed by atoms with Gasteiger partial charge in [-0.05, 0) is 31.1 Å². The summed E-state index contributed by atoms with van der Waals surface area (Å²) in [6.45, 7) is 7.40. The van der Waals surface area contributed by atoms with E-state index in [-0.39, 0.29) is 5.92 Å². The maximum atomic E-state index is 12.4. The van der Waals surface area contributed by atoms with Gasteiger partial charge < -0.3 is 15.1 Å². The zero-order valence-electron chi connectivity index (χ0n) is 12.0. The molecule has 0 aliphatic carbocycles. The van der Waals surface area contributed by atoms with E-state index >= 15 is 0 Å². The number of anilines is 1. The second kappa shape index (κ2) is 5.79. The van der Waals surface area contributed by atoms with Crippen LogP contribution in [0.5, 0.6) is 0 Å². The Morgan fingerprint density at radius 3 is 2.60 bits per heavy atom. The largest absolute Gasteiger partial charge is 0.353 e. The van der Waals surface area contributed by atoms with Gasteiger partial charge in [0.05, 0.1) is 0 Å². The zero-order valence-corrected chi connectivity index (χ0v) is 12.0. The summed E-state index contributed by atoms with van der Waals surface area (Å²) < 4.78 is 0. The number of nitrogens with zero attached hydrogens (tertiary/aromatic N) is 3. The second-order valence-corrected chi connectivity index (χ2v) is 5.71. The number of nitrogens with one attached hydrogen (secondary N) is 1. The van der Waals surface area contributed by atoms with Gasteiger partial charge in [0.1, 0.15) is 5.82 Å². The number of pyridine rings is 1. The van der Waals surface area contributed by atoms with Crippen molar-refractivity contribution in [3.05, 3.63) is 24.4 Å². The second-order valence-electron chi connectivity index (χ2n) is 5.71. The molecule has 1 aromatic rings. The molecule has 1 N–H and O–H groups in total. The Hall–Kier alpha value is -1.62. The van der Waals surface area contributed by atoms with E-state index in [1.807, 2.05) is 29.3 Å². The van der Waals surface area contributed by atoms with E-state index in [1.54, 1.807) is 0 Å². The molecule has 2 fully saturated rings. The lowest BCUT2D eigenvalue weighted by molar-refractivity contribution is -0.137. The Bertz CT molecular complexity index is 452. The maximum Gasteiger partial charge on any atom is 0.225 e. The van der Waals surface area contributed by atoms with Crippen LogP contribution < -0.4 is 10.2 Å². The Morgan fingerprint density at radius 1 is 1.30 bits per heavy atom. The van der Waals surface area contributed by atoms with Gasteiger partial charge in [-0.15, -0.1) is 0 Å². The Balaban J connectivity index is 1.54. The summed E-state index contributed by atoms with van der Waals surface area (Å²) in [6, 6.07) is 5.96. The van der Waals surface area contributed by atoms with Crippen molar-refractivity contribution in [1.82, 2.24) is 15.2 Å². The van der Waals surface area contributed by atoms with E-state index in [4.69, 9.17) is 0 Å². The average molecular weight is 274 g/mol. The topological polar surface area (TPSA) is 48.5 Å². The molecule has 20 heavy (non-hydrogen) atoms. The van der Waals surface area contributed by atoms with Gasteiger partial charge in [-0.2, -0.15) is 0 Å². The third-order valence-corrected chi connectivity index (χ3v) is 4.47. The minimum absolute atomic E-state index is 0.151. The molecular formula is C15H22N4O. The third kappa shape index (κ3) is 2.63. The standard InChI is InChI=1S/C15H22N4O/c1-12(13-10-16-11-13)15(20)19-8-6-18(7-9-19)14-4-2-3-5-17-14/h2-5,12-13,16H,6-11H2,1H3. The van der Waals surface area contributed by atoms with Crippen LogP contribution in [0.15, 0.2) is 24.4 Å². The molecule has 1 atom stereocenters. The van der Waals surface area contributed by atoms with Crippen molar-refractivity contribution in [3.63, 3.8) is 0 Å². The summed E-state index contributed by atoms with van der Waals surface area (Å²) in [4.78, 5) is 21.1. The Kier molecular flexibility index (Phi) is 3.87. The van der Waals surface area contributed by atoms with E-state index in [0.717, 1.165) is 45.1 Å². The highest BCUT2D eigenvalue weighted by Gasteiger charge is 2.32. The van der Waals surface area contributed by atoms with E-state index < -0.39 is 0 Å². The van der Waals surface area contributed by atoms with Crippen LogP contribution in [-0.2, 0) is 4.79 Å². The van der Waals surface area contributed by atoms with Crippen LogP contribution in [0, 0.1) is 11.8 Å². The van der Waals surface area contributed by atoms with Crippen molar-refractivity contribution >= 4 is 11.7 Å². The lowest BCUT2D eigenvalue weighted by Crippen LogP contribution is -2.54. The van der Waals surface area contributed by atoms with Gasteiger partial charge in [-0.3, -0.25) is 4.79 Å². The minimum atomic E-state index is 0.151. The highest BCUT2D eigenvalue weighted by molar-refractivity contribution is 5.79. The molecule has 0 spiro atoms. The van der Waals surface area contributed by atoms with Crippen LogP contribution in [0.25, 0.3) is 0 Å². The number of rotatable bonds is 3. The summed E-state index contributed by atoms with van der Waals surface area (Å²) in [7, 11) is 0. The fourth-order valence-corrected chi connectivity index (χ4v) is 2.85. The predicted octanol–water partition coefficient (Wildman–Crippen LogP) is 0.586. The average Bonchev–Trinajstić information content (AvgIpc) is 2.46. The number of carbonyl (C=O) groups is 1. The first kappa shape index (κ1) is 13.4. The van der Waals surface area contributed by atoms with Crippen molar-refractivity contribution in [2.45, 2.75) is 6.92 Å². The summed E-state index contributed by atoms with van der Waals surface area (Å²) in [6.07, 6.45) is 1.82. The molecular weight excluding hydrogens is 252 g/mol. The zero-order chi connectivity index (χ0) is 13.9. The highest BCUT2D eigenvalue weighted by atomic mass is 16.2. The molecule has 2 aliphatic heterocycles. The van der Waals surface area contributed by atoms with Crippen molar-refractivity contribution in [2.24, 2.45) is 11.8 Å². The molecule has 5 nitrogen and oxygen atoms in total. The molecule has 0 bridgehead atoms. The van der Waals surface area contributed by atoms with Crippen molar-refractivity contribution < 1.29 is 4.79 Å². The first-order valence-electron chi connectivity index (χ1n) is 7.41. The number of carbonyl (C=O) groups excluding carboxylic acids is 1.